The Bertz CT molecular complexity index is 1340. The molecule has 2 aromatic rings. The molecule has 0 aromatic heterocycles. The second-order valence-electron chi connectivity index (χ2n) is 14.4. The molecule has 0 atom stereocenters. The zero-order valence-electron chi connectivity index (χ0n) is 31.8. The van der Waals surface area contributed by atoms with E-state index >= 15 is 0 Å². The van der Waals surface area contributed by atoms with Crippen molar-refractivity contribution in [1.29, 1.82) is 0 Å². The molecule has 0 unspecified atom stereocenters. The van der Waals surface area contributed by atoms with Gasteiger partial charge in [-0.15, -0.1) is 0 Å². The molecule has 1 aliphatic heterocycles. The van der Waals surface area contributed by atoms with Crippen molar-refractivity contribution in [3.8, 4) is 0 Å². The third kappa shape index (κ3) is 15.6. The van der Waals surface area contributed by atoms with Gasteiger partial charge in [0.25, 0.3) is 0 Å². The Morgan fingerprint density at radius 2 is 1.40 bits per heavy atom. The van der Waals surface area contributed by atoms with Gasteiger partial charge in [-0.05, 0) is 114 Å². The van der Waals surface area contributed by atoms with Gasteiger partial charge in [0, 0.05) is 19.0 Å². The van der Waals surface area contributed by atoms with E-state index in [4.69, 9.17) is 26.7 Å². The molecule has 2 saturated carbocycles. The first kappa shape index (κ1) is 45.4. The summed E-state index contributed by atoms with van der Waals surface area (Å²) in [6.07, 6.45) is 24.9. The third-order valence-electron chi connectivity index (χ3n) is 9.63. The Balaban J connectivity index is 0.00000116. The van der Waals surface area contributed by atoms with Gasteiger partial charge in [0.1, 0.15) is 6.61 Å². The van der Waals surface area contributed by atoms with Crippen LogP contribution < -0.4 is 10.6 Å². The summed E-state index contributed by atoms with van der Waals surface area (Å²) in [7, 11) is -0.493. The fourth-order valence-electron chi connectivity index (χ4n) is 5.82. The van der Waals surface area contributed by atoms with Crippen molar-refractivity contribution in [2.24, 2.45) is 4.99 Å². The zero-order chi connectivity index (χ0) is 37.2. The predicted octanol–water partition coefficient (Wildman–Crippen LogP) is 7.69. The van der Waals surface area contributed by atoms with Crippen LogP contribution >= 0.6 is 0 Å². The monoisotopic (exact) mass is 778 g/mol. The van der Waals surface area contributed by atoms with Gasteiger partial charge in [-0.2, -0.15) is 5.75 Å². The van der Waals surface area contributed by atoms with Crippen molar-refractivity contribution >= 4 is 37.2 Å². The summed E-state index contributed by atoms with van der Waals surface area (Å²) in [4.78, 5) is 19.5. The topological polar surface area (TPSA) is 83.4 Å². The van der Waals surface area contributed by atoms with E-state index in [1.165, 1.54) is 25.7 Å². The molecule has 1 saturated heterocycles. The van der Waals surface area contributed by atoms with Gasteiger partial charge >= 0.3 is 30.3 Å². The fraction of sp³-hybridized carbons (Fsp3) is 0.442. The van der Waals surface area contributed by atoms with Crippen LogP contribution in [0.25, 0.3) is 0 Å². The molecule has 284 valence electrons. The van der Waals surface area contributed by atoms with E-state index in [2.05, 4.69) is 4.99 Å². The van der Waals surface area contributed by atoms with E-state index in [9.17, 15) is 9.90 Å². The minimum absolute atomic E-state index is 0. The van der Waals surface area contributed by atoms with Gasteiger partial charge in [0.15, 0.2) is 0 Å². The molecular weight excluding hydrogens is 723 g/mol. The molecule has 3 fully saturated rings. The van der Waals surface area contributed by atoms with Gasteiger partial charge in [-0.3, -0.25) is 4.90 Å². The van der Waals surface area contributed by atoms with Crippen LogP contribution in [-0.4, -0.2) is 47.5 Å². The molecule has 53 heavy (non-hydrogen) atoms. The molecule has 10 heteroatoms. The van der Waals surface area contributed by atoms with Gasteiger partial charge < -0.3 is 36.8 Å². The van der Waals surface area contributed by atoms with Crippen molar-refractivity contribution in [2.45, 2.75) is 110 Å². The summed E-state index contributed by atoms with van der Waals surface area (Å²) in [6.45, 7) is 8.84. The Morgan fingerprint density at radius 3 is 2.02 bits per heavy atom. The summed E-state index contributed by atoms with van der Waals surface area (Å²) in [6, 6.07) is 18.3. The summed E-state index contributed by atoms with van der Waals surface area (Å²) in [5.74, 6) is 1.67. The number of unbranched alkanes of at least 4 members (excludes halogenated alkanes) is 7. The number of carbonyl (C=O) groups is 1. The average Bonchev–Trinajstić information content (AvgIpc) is 3.91. The maximum Gasteiger partial charge on any atom is 2.00 e. The Morgan fingerprint density at radius 1 is 0.811 bits per heavy atom. The van der Waals surface area contributed by atoms with Crippen LogP contribution in [-0.2, 0) is 56.9 Å². The number of hydrogen-bond donors (Lipinski definition) is 0. The molecule has 2 aliphatic carbocycles. The largest absolute Gasteiger partial charge is 2.00 e. The van der Waals surface area contributed by atoms with Crippen molar-refractivity contribution in [1.82, 2.24) is 4.90 Å². The Labute approximate surface area is 337 Å². The van der Waals surface area contributed by atoms with Crippen molar-refractivity contribution in [3.63, 3.8) is 0 Å². The Hall–Kier alpha value is -1.97. The van der Waals surface area contributed by atoms with E-state index < -0.39 is 24.4 Å². The summed E-state index contributed by atoms with van der Waals surface area (Å²) in [5, 5.41) is 12.4. The van der Waals surface area contributed by atoms with Crippen LogP contribution in [0.3, 0.4) is 0 Å². The molecule has 1 heterocycles. The maximum absolute atomic E-state index is 13.5. The van der Waals surface area contributed by atoms with Gasteiger partial charge in [0.05, 0.1) is 17.2 Å². The van der Waals surface area contributed by atoms with Crippen LogP contribution in [0.15, 0.2) is 59.6 Å². The number of benzene rings is 2. The second kappa shape index (κ2) is 23.8. The third-order valence-corrected chi connectivity index (χ3v) is 9.92. The normalized spacial score (nSPS) is 18.4. The first-order valence-corrected chi connectivity index (χ1v) is 19.3. The van der Waals surface area contributed by atoms with E-state index in [1.807, 2.05) is 134 Å². The number of aliphatic imine (C=N–C) groups is 1. The smallest absolute Gasteiger partial charge is 0.862 e. The number of hydrogen-bond acceptors (Lipinski definition) is 7. The second-order valence-corrected chi connectivity index (χ2v) is 14.8. The maximum atomic E-state index is 13.5. The average molecular weight is 779 g/mol. The molecule has 2 aromatic carbocycles. The van der Waals surface area contributed by atoms with Crippen LogP contribution in [0.2, 0.25) is 0 Å². The molecule has 5 rings (SSSR count). The minimum atomic E-state index is -0.493. The van der Waals surface area contributed by atoms with Crippen molar-refractivity contribution in [2.75, 3.05) is 12.3 Å². The molecule has 10 radical (unpaired) electrons. The quantitative estimate of drug-likeness (QED) is 0.0508. The van der Waals surface area contributed by atoms with Crippen molar-refractivity contribution < 1.29 is 41.0 Å². The number of amides is 1. The molecule has 7 nitrogen and oxygen atoms in total. The van der Waals surface area contributed by atoms with Gasteiger partial charge in [-0.25, -0.2) is 4.79 Å². The number of carbonyl (C=O) groups excluding carboxylic acids is 1. The van der Waals surface area contributed by atoms with Crippen LogP contribution in [0, 0.1) is 63.3 Å². The SMILES string of the molecule is CC1(C)OB(c2cccc(COC(=O)N(Cc3ccccc3)[C]3[CH][CH][C](CN=C([O-])CCCCCCCCCC[S-])[CH]3)c2)OC1(C)C.[CH]1[CH][CH][CH][CH]1.[Fe+2]. The first-order valence-electron chi connectivity index (χ1n) is 18.7. The zero-order valence-corrected chi connectivity index (χ0v) is 33.7. The molecule has 0 N–H and O–H groups in total. The molecule has 0 spiro atoms. The molecule has 3 aliphatic rings. The van der Waals surface area contributed by atoms with Crippen LogP contribution in [0.5, 0.6) is 0 Å². The number of nitrogens with zero attached hydrogens (tertiary/aromatic N) is 2. The van der Waals surface area contributed by atoms with E-state index in [-0.39, 0.29) is 29.6 Å². The minimum Gasteiger partial charge on any atom is -0.862 e. The van der Waals surface area contributed by atoms with Gasteiger partial charge in [-0.1, -0.05) is 99.5 Å². The van der Waals surface area contributed by atoms with Crippen LogP contribution in [0.4, 0.5) is 4.79 Å². The Kier molecular flexibility index (Phi) is 20.4. The predicted molar refractivity (Wildman–Crippen MR) is 211 cm³/mol. The van der Waals surface area contributed by atoms with E-state index in [0.717, 1.165) is 53.9 Å². The fourth-order valence-corrected chi connectivity index (χ4v) is 6.03. The van der Waals surface area contributed by atoms with E-state index in [0.29, 0.717) is 25.6 Å². The van der Waals surface area contributed by atoms with Crippen molar-refractivity contribution in [3.05, 3.63) is 129 Å². The summed E-state index contributed by atoms with van der Waals surface area (Å²) >= 11 is 4.99. The van der Waals surface area contributed by atoms with Gasteiger partial charge in [0.2, 0.25) is 0 Å². The summed E-state index contributed by atoms with van der Waals surface area (Å²) < 4.78 is 18.3. The molecular formula is C43H55BFeN2O5S. The first-order chi connectivity index (χ1) is 25.1. The molecule has 0 bridgehead atoms. The molecule has 1 amide bonds. The van der Waals surface area contributed by atoms with E-state index in [1.54, 1.807) is 4.90 Å². The number of ether oxygens (including phenoxy) is 1. The standard InChI is InChI=1S/C38H52BN2O5S.C5H5.Fe/c1-37(2)38(3,4)46-39(45-37)33-20-16-19-32(25-33)29-44-36(43)41(28-30-17-12-11-13-18-30)34-23-22-31(26-34)27-40-35(42)21-14-9-7-5-6-8-10-15-24-47;1-2-4-5-3-1;/h11-13,16-20,22-23,25-26,47H,5-10,14-15,21,24,27-29H2,1-4H3,(H,40,42);1-5H;/q;;+2/p-2. The summed E-state index contributed by atoms with van der Waals surface area (Å²) in [5.41, 5.74) is 1.82. The number of rotatable bonds is 18. The van der Waals surface area contributed by atoms with Crippen LogP contribution in [0.1, 0.15) is 96.6 Å².